The molecule has 1 N–H and O–H groups in total. The summed E-state index contributed by atoms with van der Waals surface area (Å²) in [5, 5.41) is 8.11. The lowest BCUT2D eigenvalue weighted by molar-refractivity contribution is -0.133. The molecular weight excluding hydrogens is 402 g/mol. The molecule has 0 spiro atoms. The van der Waals surface area contributed by atoms with Crippen molar-refractivity contribution in [3.05, 3.63) is 28.7 Å². The van der Waals surface area contributed by atoms with Crippen molar-refractivity contribution in [2.75, 3.05) is 6.54 Å². The maximum atomic E-state index is 12.7. The quantitative estimate of drug-likeness (QED) is 0.745. The maximum absolute atomic E-state index is 12.7. The SMILES string of the molecule is Cc1nc2cc([C@H]3CCCN3C(=O)C3CC3)nn2c(C)c1CCC(=O)NC1CCCCC1. The van der Waals surface area contributed by atoms with E-state index in [0.717, 1.165) is 73.4 Å². The highest BCUT2D eigenvalue weighted by Gasteiger charge is 2.39. The third-order valence-corrected chi connectivity index (χ3v) is 7.56. The van der Waals surface area contributed by atoms with Gasteiger partial charge < -0.3 is 10.2 Å². The van der Waals surface area contributed by atoms with Gasteiger partial charge in [-0.2, -0.15) is 5.10 Å². The minimum absolute atomic E-state index is 0.0641. The second-order valence-electron chi connectivity index (χ2n) is 9.97. The van der Waals surface area contributed by atoms with E-state index in [1.54, 1.807) is 0 Å². The predicted octanol–water partition coefficient (Wildman–Crippen LogP) is 3.80. The van der Waals surface area contributed by atoms with E-state index in [-0.39, 0.29) is 17.9 Å². The van der Waals surface area contributed by atoms with Gasteiger partial charge in [-0.05, 0) is 64.4 Å². The molecule has 0 aromatic carbocycles. The van der Waals surface area contributed by atoms with E-state index in [1.165, 1.54) is 19.3 Å². The molecule has 1 aliphatic heterocycles. The Morgan fingerprint density at radius 3 is 2.59 bits per heavy atom. The van der Waals surface area contributed by atoms with Gasteiger partial charge in [0.15, 0.2) is 5.65 Å². The van der Waals surface area contributed by atoms with Gasteiger partial charge in [0.25, 0.3) is 0 Å². The van der Waals surface area contributed by atoms with Crippen LogP contribution < -0.4 is 5.32 Å². The highest BCUT2D eigenvalue weighted by atomic mass is 16.2. The van der Waals surface area contributed by atoms with Crippen LogP contribution in [0.1, 0.15) is 92.9 Å². The second-order valence-corrected chi connectivity index (χ2v) is 9.97. The molecule has 3 fully saturated rings. The van der Waals surface area contributed by atoms with Crippen LogP contribution in [0.3, 0.4) is 0 Å². The van der Waals surface area contributed by atoms with E-state index in [1.807, 2.05) is 22.4 Å². The molecule has 5 rings (SSSR count). The molecule has 7 heteroatoms. The normalized spacial score (nSPS) is 21.9. The van der Waals surface area contributed by atoms with Crippen molar-refractivity contribution in [3.8, 4) is 0 Å². The molecule has 32 heavy (non-hydrogen) atoms. The van der Waals surface area contributed by atoms with E-state index in [9.17, 15) is 9.59 Å². The van der Waals surface area contributed by atoms with E-state index in [4.69, 9.17) is 10.1 Å². The number of nitrogens with one attached hydrogen (secondary N) is 1. The van der Waals surface area contributed by atoms with Gasteiger partial charge in [-0.1, -0.05) is 19.3 Å². The Morgan fingerprint density at radius 2 is 1.84 bits per heavy atom. The summed E-state index contributed by atoms with van der Waals surface area (Å²) in [6, 6.07) is 2.46. The molecule has 0 unspecified atom stereocenters. The topological polar surface area (TPSA) is 79.6 Å². The zero-order valence-electron chi connectivity index (χ0n) is 19.4. The molecule has 2 saturated carbocycles. The Balaban J connectivity index is 1.31. The minimum atomic E-state index is 0.0641. The van der Waals surface area contributed by atoms with Gasteiger partial charge in [0, 0.05) is 42.4 Å². The molecule has 2 aliphatic carbocycles. The smallest absolute Gasteiger partial charge is 0.226 e. The third kappa shape index (κ3) is 4.26. The number of hydrogen-bond donors (Lipinski definition) is 1. The van der Waals surface area contributed by atoms with Crippen molar-refractivity contribution < 1.29 is 9.59 Å². The summed E-state index contributed by atoms with van der Waals surface area (Å²) < 4.78 is 1.91. The van der Waals surface area contributed by atoms with E-state index < -0.39 is 0 Å². The average molecular weight is 438 g/mol. The van der Waals surface area contributed by atoms with Gasteiger partial charge in [-0.15, -0.1) is 0 Å². The standard InChI is InChI=1S/C25H35N5O2/c1-16-20(12-13-24(31)27-19-7-4-3-5-8-19)17(2)30-23(26-16)15-21(28-30)22-9-6-14-29(22)25(32)18-10-11-18/h15,18-19,22H,3-14H2,1-2H3,(H,27,31)/t22-/m1/s1. The number of hydrogen-bond acceptors (Lipinski definition) is 4. The second kappa shape index (κ2) is 8.83. The van der Waals surface area contributed by atoms with Gasteiger partial charge in [-0.3, -0.25) is 9.59 Å². The van der Waals surface area contributed by atoms with Crippen LogP contribution in [0.25, 0.3) is 5.65 Å². The Morgan fingerprint density at radius 1 is 1.06 bits per heavy atom. The fourth-order valence-corrected chi connectivity index (χ4v) is 5.56. The van der Waals surface area contributed by atoms with Gasteiger partial charge in [0.05, 0.1) is 11.7 Å². The Bertz CT molecular complexity index is 1020. The Labute approximate surface area is 190 Å². The van der Waals surface area contributed by atoms with Crippen LogP contribution in [-0.2, 0) is 16.0 Å². The van der Waals surface area contributed by atoms with E-state index >= 15 is 0 Å². The van der Waals surface area contributed by atoms with Crippen molar-refractivity contribution in [1.82, 2.24) is 24.8 Å². The lowest BCUT2D eigenvalue weighted by Gasteiger charge is -2.23. The number of carbonyl (C=O) groups is 2. The third-order valence-electron chi connectivity index (χ3n) is 7.56. The number of rotatable bonds is 6. The summed E-state index contributed by atoms with van der Waals surface area (Å²) in [4.78, 5) is 32.1. The van der Waals surface area contributed by atoms with Crippen molar-refractivity contribution in [2.45, 2.75) is 96.6 Å². The Kier molecular flexibility index (Phi) is 5.91. The molecule has 1 saturated heterocycles. The highest BCUT2D eigenvalue weighted by molar-refractivity contribution is 5.81. The largest absolute Gasteiger partial charge is 0.353 e. The van der Waals surface area contributed by atoms with Crippen LogP contribution in [0.15, 0.2) is 6.07 Å². The highest BCUT2D eigenvalue weighted by Crippen LogP contribution is 2.38. The van der Waals surface area contributed by atoms with Crippen LogP contribution in [0, 0.1) is 19.8 Å². The number of likely N-dealkylation sites (tertiary alicyclic amines) is 1. The molecule has 2 aromatic heterocycles. The minimum Gasteiger partial charge on any atom is -0.353 e. The molecule has 3 heterocycles. The summed E-state index contributed by atoms with van der Waals surface area (Å²) in [6.45, 7) is 4.92. The lowest BCUT2D eigenvalue weighted by atomic mass is 9.95. The number of fused-ring (bicyclic) bond motifs is 1. The number of carbonyl (C=O) groups excluding carboxylic acids is 2. The molecule has 0 radical (unpaired) electrons. The summed E-state index contributed by atoms with van der Waals surface area (Å²) in [5.41, 5.74) is 4.88. The average Bonchev–Trinajstić information content (AvgIpc) is 3.36. The van der Waals surface area contributed by atoms with Crippen LogP contribution >= 0.6 is 0 Å². The van der Waals surface area contributed by atoms with Crippen LogP contribution in [-0.4, -0.2) is 43.9 Å². The number of aromatic nitrogens is 3. The summed E-state index contributed by atoms with van der Waals surface area (Å²) in [7, 11) is 0. The summed E-state index contributed by atoms with van der Waals surface area (Å²) in [6.07, 6.45) is 11.1. The van der Waals surface area contributed by atoms with Crippen LogP contribution in [0.4, 0.5) is 0 Å². The molecule has 7 nitrogen and oxygen atoms in total. The van der Waals surface area contributed by atoms with Crippen LogP contribution in [0.2, 0.25) is 0 Å². The van der Waals surface area contributed by atoms with Crippen molar-refractivity contribution in [3.63, 3.8) is 0 Å². The molecule has 172 valence electrons. The van der Waals surface area contributed by atoms with Gasteiger partial charge >= 0.3 is 0 Å². The molecular formula is C25H35N5O2. The van der Waals surface area contributed by atoms with Crippen molar-refractivity contribution in [1.29, 1.82) is 0 Å². The fourth-order valence-electron chi connectivity index (χ4n) is 5.56. The fraction of sp³-hybridized carbons (Fsp3) is 0.680. The zero-order chi connectivity index (χ0) is 22.2. The molecule has 1 atom stereocenters. The summed E-state index contributed by atoms with van der Waals surface area (Å²) in [5.74, 6) is 0.674. The van der Waals surface area contributed by atoms with E-state index in [2.05, 4.69) is 12.2 Å². The Hall–Kier alpha value is -2.44. The first-order chi connectivity index (χ1) is 15.5. The zero-order valence-corrected chi connectivity index (χ0v) is 19.4. The van der Waals surface area contributed by atoms with Crippen molar-refractivity contribution >= 4 is 17.5 Å². The predicted molar refractivity (Wildman–Crippen MR) is 122 cm³/mol. The van der Waals surface area contributed by atoms with Crippen molar-refractivity contribution in [2.24, 2.45) is 5.92 Å². The molecule has 2 aromatic rings. The molecule has 3 aliphatic rings. The van der Waals surface area contributed by atoms with Gasteiger partial charge in [-0.25, -0.2) is 9.50 Å². The first-order valence-corrected chi connectivity index (χ1v) is 12.5. The lowest BCUT2D eigenvalue weighted by Crippen LogP contribution is -2.36. The van der Waals surface area contributed by atoms with Gasteiger partial charge in [0.1, 0.15) is 0 Å². The number of amides is 2. The molecule has 0 bridgehead atoms. The molecule has 2 amide bonds. The first kappa shape index (κ1) is 21.4. The summed E-state index contributed by atoms with van der Waals surface area (Å²) >= 11 is 0. The number of nitrogens with zero attached hydrogens (tertiary/aromatic N) is 4. The van der Waals surface area contributed by atoms with Crippen LogP contribution in [0.5, 0.6) is 0 Å². The van der Waals surface area contributed by atoms with Gasteiger partial charge in [0.2, 0.25) is 11.8 Å². The maximum Gasteiger partial charge on any atom is 0.226 e. The monoisotopic (exact) mass is 437 g/mol. The first-order valence-electron chi connectivity index (χ1n) is 12.5. The van der Waals surface area contributed by atoms with E-state index in [0.29, 0.717) is 24.8 Å². The number of aryl methyl sites for hydroxylation is 2.